The minimum Gasteiger partial charge on any atom is -0.363 e. The Labute approximate surface area is 233 Å². The lowest BCUT2D eigenvalue weighted by Gasteiger charge is -2.45. The molecule has 2 unspecified atom stereocenters. The summed E-state index contributed by atoms with van der Waals surface area (Å²) in [5.74, 6) is -1.09. The van der Waals surface area contributed by atoms with Crippen molar-refractivity contribution in [1.29, 1.82) is 0 Å². The third kappa shape index (κ3) is 3.33. The standard InChI is InChI=1S/C30H26ClF4N5/c1-4-16-6-5-7-18-21-13-28(2,31)25-20(8-10-36-25)29(21,3)26-19-15-39(11-9-23(19)38-40(26)24(16)18)27-22(32)12-17(14-37-27)30(33,34)35/h5-8,10,12-14,36H,4,9,11,15H2,1-3H3. The number of rotatable bonds is 2. The van der Waals surface area contributed by atoms with Gasteiger partial charge in [0.1, 0.15) is 4.87 Å². The monoisotopic (exact) mass is 567 g/mol. The third-order valence-electron chi connectivity index (χ3n) is 8.69. The number of pyridine rings is 1. The Bertz CT molecular complexity index is 1730. The van der Waals surface area contributed by atoms with Crippen LogP contribution in [0.15, 0.2) is 48.8 Å². The zero-order chi connectivity index (χ0) is 28.2. The van der Waals surface area contributed by atoms with Gasteiger partial charge >= 0.3 is 6.18 Å². The van der Waals surface area contributed by atoms with E-state index in [1.54, 1.807) is 4.90 Å². The van der Waals surface area contributed by atoms with E-state index in [0.29, 0.717) is 25.2 Å². The summed E-state index contributed by atoms with van der Waals surface area (Å²) >= 11 is 7.11. The molecular formula is C30H26ClF4N5. The van der Waals surface area contributed by atoms with E-state index in [0.717, 1.165) is 57.0 Å². The fourth-order valence-corrected chi connectivity index (χ4v) is 7.08. The molecule has 1 aliphatic carbocycles. The SMILES string of the molecule is CCc1cccc2c1-n1nc3c(c1C1(C)C2=CC(C)(Cl)c2[nH]ccc21)CN(c1ncc(C(F)(F)F)cc1F)CC3. The molecule has 2 atom stereocenters. The van der Waals surface area contributed by atoms with Crippen molar-refractivity contribution >= 4 is 23.0 Å². The maximum Gasteiger partial charge on any atom is 0.417 e. The number of halogens is 5. The van der Waals surface area contributed by atoms with Gasteiger partial charge in [0.25, 0.3) is 0 Å². The number of nitrogens with zero attached hydrogens (tertiary/aromatic N) is 4. The third-order valence-corrected chi connectivity index (χ3v) is 8.99. The first-order valence-corrected chi connectivity index (χ1v) is 13.6. The molecule has 1 N–H and O–H groups in total. The molecule has 40 heavy (non-hydrogen) atoms. The van der Waals surface area contributed by atoms with Gasteiger partial charge in [-0.1, -0.05) is 31.2 Å². The van der Waals surface area contributed by atoms with Crippen LogP contribution in [0.2, 0.25) is 0 Å². The Kier molecular flexibility index (Phi) is 5.22. The van der Waals surface area contributed by atoms with Crippen molar-refractivity contribution in [3.8, 4) is 5.69 Å². The lowest BCUT2D eigenvalue weighted by atomic mass is 9.63. The molecule has 0 amide bonds. The molecule has 7 rings (SSSR count). The number of aryl methyl sites for hydroxylation is 1. The molecule has 0 spiro atoms. The van der Waals surface area contributed by atoms with Crippen LogP contribution < -0.4 is 4.90 Å². The Hall–Kier alpha value is -3.59. The first-order valence-electron chi connectivity index (χ1n) is 13.3. The Morgan fingerprint density at radius 3 is 2.70 bits per heavy atom. The van der Waals surface area contributed by atoms with E-state index in [2.05, 4.69) is 54.2 Å². The molecule has 0 bridgehead atoms. The summed E-state index contributed by atoms with van der Waals surface area (Å²) < 4.78 is 56.6. The Morgan fingerprint density at radius 2 is 1.98 bits per heavy atom. The van der Waals surface area contributed by atoms with Crippen LogP contribution in [0.4, 0.5) is 23.4 Å². The summed E-state index contributed by atoms with van der Waals surface area (Å²) in [5, 5.41) is 5.12. The van der Waals surface area contributed by atoms with Crippen molar-refractivity contribution in [3.63, 3.8) is 0 Å². The predicted octanol–water partition coefficient (Wildman–Crippen LogP) is 7.05. The molecule has 206 valence electrons. The minimum absolute atomic E-state index is 0.0933. The van der Waals surface area contributed by atoms with E-state index in [4.69, 9.17) is 16.7 Å². The molecule has 3 aliphatic rings. The number of hydrogen-bond acceptors (Lipinski definition) is 3. The fraction of sp³-hybridized carbons (Fsp3) is 0.333. The number of fused-ring (bicyclic) bond motifs is 10. The molecule has 5 heterocycles. The van der Waals surface area contributed by atoms with Gasteiger partial charge in [0, 0.05) is 48.7 Å². The van der Waals surface area contributed by atoms with Gasteiger partial charge in [-0.25, -0.2) is 14.1 Å². The number of H-pyrrole nitrogens is 1. The Balaban J connectivity index is 1.45. The zero-order valence-corrected chi connectivity index (χ0v) is 22.9. The summed E-state index contributed by atoms with van der Waals surface area (Å²) in [6, 6.07) is 8.85. The van der Waals surface area contributed by atoms with Crippen LogP contribution in [-0.4, -0.2) is 26.3 Å². The molecule has 5 nitrogen and oxygen atoms in total. The van der Waals surface area contributed by atoms with Crippen molar-refractivity contribution in [2.45, 2.75) is 56.6 Å². The number of benzene rings is 1. The van der Waals surface area contributed by atoms with E-state index in [1.807, 2.05) is 17.8 Å². The van der Waals surface area contributed by atoms with Crippen molar-refractivity contribution in [3.05, 3.63) is 99.5 Å². The van der Waals surface area contributed by atoms with Crippen LogP contribution in [0.1, 0.15) is 65.7 Å². The second kappa shape index (κ2) is 8.22. The van der Waals surface area contributed by atoms with Crippen LogP contribution in [0.5, 0.6) is 0 Å². The largest absolute Gasteiger partial charge is 0.417 e. The molecule has 2 aliphatic heterocycles. The highest BCUT2D eigenvalue weighted by atomic mass is 35.5. The average molecular weight is 568 g/mol. The highest BCUT2D eigenvalue weighted by Crippen LogP contribution is 2.58. The smallest absolute Gasteiger partial charge is 0.363 e. The summed E-state index contributed by atoms with van der Waals surface area (Å²) in [6.45, 7) is 6.91. The molecule has 0 saturated heterocycles. The van der Waals surface area contributed by atoms with Crippen LogP contribution in [0.3, 0.4) is 0 Å². The molecule has 3 aromatic heterocycles. The molecule has 0 fully saturated rings. The second-order valence-corrected chi connectivity index (χ2v) is 11.9. The molecule has 1 aromatic carbocycles. The number of nitrogens with one attached hydrogen (secondary N) is 1. The number of alkyl halides is 4. The minimum atomic E-state index is -4.67. The average Bonchev–Trinajstić information content (AvgIpc) is 3.56. The molecule has 4 aromatic rings. The quantitative estimate of drug-likeness (QED) is 0.209. The van der Waals surface area contributed by atoms with Crippen molar-refractivity contribution in [1.82, 2.24) is 19.7 Å². The van der Waals surface area contributed by atoms with Gasteiger partial charge in [0.05, 0.1) is 28.1 Å². The highest BCUT2D eigenvalue weighted by molar-refractivity contribution is 6.26. The molecule has 0 saturated carbocycles. The first kappa shape index (κ1) is 25.4. The van der Waals surface area contributed by atoms with Crippen LogP contribution in [-0.2, 0) is 35.9 Å². The number of allylic oxidation sites excluding steroid dienone is 2. The van der Waals surface area contributed by atoms with Gasteiger partial charge in [-0.3, -0.25) is 0 Å². The molecule has 0 radical (unpaired) electrons. The van der Waals surface area contributed by atoms with Gasteiger partial charge < -0.3 is 9.88 Å². The van der Waals surface area contributed by atoms with Crippen molar-refractivity contribution in [2.24, 2.45) is 0 Å². The van der Waals surface area contributed by atoms with Gasteiger partial charge in [-0.2, -0.15) is 18.3 Å². The van der Waals surface area contributed by atoms with Gasteiger partial charge in [0.2, 0.25) is 0 Å². The van der Waals surface area contributed by atoms with E-state index in [-0.39, 0.29) is 12.4 Å². The number of hydrogen-bond donors (Lipinski definition) is 1. The lowest BCUT2D eigenvalue weighted by Crippen LogP contribution is -2.41. The highest BCUT2D eigenvalue weighted by Gasteiger charge is 2.52. The van der Waals surface area contributed by atoms with Gasteiger partial charge in [0.15, 0.2) is 11.6 Å². The van der Waals surface area contributed by atoms with Crippen molar-refractivity contribution in [2.75, 3.05) is 11.4 Å². The fourth-order valence-electron chi connectivity index (χ4n) is 6.82. The number of para-hydroxylation sites is 1. The normalized spacial score (nSPS) is 23.1. The van der Waals surface area contributed by atoms with E-state index in [9.17, 15) is 13.2 Å². The van der Waals surface area contributed by atoms with Crippen LogP contribution in [0.25, 0.3) is 11.3 Å². The summed E-state index contributed by atoms with van der Waals surface area (Å²) in [5.41, 5.74) is 7.30. The van der Waals surface area contributed by atoms with Gasteiger partial charge in [-0.05, 0) is 49.1 Å². The first-order chi connectivity index (χ1) is 18.9. The van der Waals surface area contributed by atoms with Crippen molar-refractivity contribution < 1.29 is 17.6 Å². The molecule has 10 heteroatoms. The van der Waals surface area contributed by atoms with Gasteiger partial charge in [-0.15, -0.1) is 11.6 Å². The second-order valence-electron chi connectivity index (χ2n) is 11.1. The predicted molar refractivity (Wildman–Crippen MR) is 145 cm³/mol. The van der Waals surface area contributed by atoms with E-state index in [1.165, 1.54) is 0 Å². The van der Waals surface area contributed by atoms with Crippen LogP contribution in [0, 0.1) is 5.82 Å². The number of aromatic amines is 1. The maximum atomic E-state index is 15.0. The zero-order valence-electron chi connectivity index (χ0n) is 22.1. The maximum absolute atomic E-state index is 15.0. The number of anilines is 1. The summed E-state index contributed by atoms with van der Waals surface area (Å²) in [4.78, 5) is 8.22. The number of aromatic nitrogens is 4. The van der Waals surface area contributed by atoms with Crippen LogP contribution >= 0.6 is 11.6 Å². The lowest BCUT2D eigenvalue weighted by molar-refractivity contribution is -0.138. The Morgan fingerprint density at radius 1 is 1.18 bits per heavy atom. The van der Waals surface area contributed by atoms with E-state index < -0.39 is 27.8 Å². The van der Waals surface area contributed by atoms with E-state index >= 15 is 4.39 Å². The summed E-state index contributed by atoms with van der Waals surface area (Å²) in [6.07, 6.45) is 1.35. The summed E-state index contributed by atoms with van der Waals surface area (Å²) in [7, 11) is 0. The topological polar surface area (TPSA) is 49.7 Å². The molecular weight excluding hydrogens is 542 g/mol.